The molecule has 0 unspecified atom stereocenters. The van der Waals surface area contributed by atoms with Crippen LogP contribution in [0.2, 0.25) is 0 Å². The lowest BCUT2D eigenvalue weighted by atomic mass is 10.1. The van der Waals surface area contributed by atoms with Gasteiger partial charge in [0.2, 0.25) is 5.91 Å². The van der Waals surface area contributed by atoms with Crippen molar-refractivity contribution in [3.8, 4) is 0 Å². The van der Waals surface area contributed by atoms with E-state index in [2.05, 4.69) is 10.3 Å². The van der Waals surface area contributed by atoms with Gasteiger partial charge in [-0.3, -0.25) is 14.6 Å². The molecule has 0 aliphatic rings. The number of nitrogens with one attached hydrogen (secondary N) is 1. The van der Waals surface area contributed by atoms with Gasteiger partial charge in [-0.05, 0) is 24.1 Å². The molecule has 3 rings (SSSR count). The van der Waals surface area contributed by atoms with Crippen LogP contribution in [0.4, 0.5) is 0 Å². The van der Waals surface area contributed by atoms with Crippen LogP contribution in [0, 0.1) is 0 Å². The molecule has 0 aliphatic heterocycles. The third kappa shape index (κ3) is 3.63. The lowest BCUT2D eigenvalue weighted by molar-refractivity contribution is -0.121. The summed E-state index contributed by atoms with van der Waals surface area (Å²) in [5, 5.41) is 3.94. The predicted octanol–water partition coefficient (Wildman–Crippen LogP) is 1.76. The second kappa shape index (κ2) is 6.87. The number of hydrogen-bond donors (Lipinski definition) is 1. The van der Waals surface area contributed by atoms with E-state index in [0.29, 0.717) is 13.0 Å². The SMILES string of the molecule is O=C(Cn1ccccc1=O)NCCc1cccc2cccnc12. The van der Waals surface area contributed by atoms with Crippen molar-refractivity contribution in [1.29, 1.82) is 0 Å². The van der Waals surface area contributed by atoms with Gasteiger partial charge in [0.05, 0.1) is 5.52 Å². The normalized spacial score (nSPS) is 10.6. The minimum Gasteiger partial charge on any atom is -0.354 e. The Bertz CT molecular complexity index is 881. The van der Waals surface area contributed by atoms with Gasteiger partial charge in [-0.2, -0.15) is 0 Å². The molecule has 23 heavy (non-hydrogen) atoms. The van der Waals surface area contributed by atoms with E-state index in [1.54, 1.807) is 24.5 Å². The Morgan fingerprint density at radius 3 is 2.83 bits per heavy atom. The van der Waals surface area contributed by atoms with E-state index in [-0.39, 0.29) is 18.0 Å². The zero-order valence-electron chi connectivity index (χ0n) is 12.6. The molecule has 0 saturated carbocycles. The highest BCUT2D eigenvalue weighted by Gasteiger charge is 2.05. The van der Waals surface area contributed by atoms with E-state index in [4.69, 9.17) is 0 Å². The number of benzene rings is 1. The van der Waals surface area contributed by atoms with Gasteiger partial charge in [-0.25, -0.2) is 0 Å². The second-order valence-electron chi connectivity index (χ2n) is 5.26. The van der Waals surface area contributed by atoms with Crippen LogP contribution in [-0.2, 0) is 17.8 Å². The summed E-state index contributed by atoms with van der Waals surface area (Å²) in [5.41, 5.74) is 1.88. The van der Waals surface area contributed by atoms with Crippen molar-refractivity contribution in [2.45, 2.75) is 13.0 Å². The average Bonchev–Trinajstić information content (AvgIpc) is 2.57. The van der Waals surface area contributed by atoms with Crippen molar-refractivity contribution in [1.82, 2.24) is 14.9 Å². The molecule has 1 N–H and O–H groups in total. The van der Waals surface area contributed by atoms with Crippen molar-refractivity contribution in [3.05, 3.63) is 76.8 Å². The number of rotatable bonds is 5. The molecule has 0 bridgehead atoms. The zero-order chi connectivity index (χ0) is 16.1. The monoisotopic (exact) mass is 307 g/mol. The largest absolute Gasteiger partial charge is 0.354 e. The molecule has 0 aliphatic carbocycles. The highest BCUT2D eigenvalue weighted by Crippen LogP contribution is 2.15. The highest BCUT2D eigenvalue weighted by molar-refractivity contribution is 5.81. The van der Waals surface area contributed by atoms with Gasteiger partial charge in [0, 0.05) is 30.4 Å². The number of para-hydroxylation sites is 1. The zero-order valence-corrected chi connectivity index (χ0v) is 12.6. The summed E-state index contributed by atoms with van der Waals surface area (Å²) < 4.78 is 1.38. The molecule has 0 spiro atoms. The van der Waals surface area contributed by atoms with Crippen molar-refractivity contribution < 1.29 is 4.79 Å². The lowest BCUT2D eigenvalue weighted by Crippen LogP contribution is -2.32. The predicted molar refractivity (Wildman–Crippen MR) is 89.2 cm³/mol. The van der Waals surface area contributed by atoms with Gasteiger partial charge < -0.3 is 9.88 Å². The molecule has 5 nitrogen and oxygen atoms in total. The molecule has 0 saturated heterocycles. The van der Waals surface area contributed by atoms with E-state index in [9.17, 15) is 9.59 Å². The summed E-state index contributed by atoms with van der Waals surface area (Å²) in [6.07, 6.45) is 4.08. The number of carbonyl (C=O) groups is 1. The number of nitrogens with zero attached hydrogens (tertiary/aromatic N) is 2. The van der Waals surface area contributed by atoms with Gasteiger partial charge in [0.1, 0.15) is 6.54 Å². The van der Waals surface area contributed by atoms with Crippen LogP contribution in [0.1, 0.15) is 5.56 Å². The van der Waals surface area contributed by atoms with Crippen molar-refractivity contribution in [3.63, 3.8) is 0 Å². The maximum absolute atomic E-state index is 11.9. The average molecular weight is 307 g/mol. The van der Waals surface area contributed by atoms with Crippen LogP contribution in [-0.4, -0.2) is 22.0 Å². The van der Waals surface area contributed by atoms with Gasteiger partial charge in [0.25, 0.3) is 5.56 Å². The molecular weight excluding hydrogens is 290 g/mol. The Morgan fingerprint density at radius 2 is 1.96 bits per heavy atom. The van der Waals surface area contributed by atoms with E-state index >= 15 is 0 Å². The molecule has 0 radical (unpaired) electrons. The van der Waals surface area contributed by atoms with Crippen LogP contribution in [0.5, 0.6) is 0 Å². The van der Waals surface area contributed by atoms with Crippen LogP contribution >= 0.6 is 0 Å². The Hall–Kier alpha value is -2.95. The Balaban J connectivity index is 1.60. The molecule has 1 aromatic carbocycles. The van der Waals surface area contributed by atoms with E-state index < -0.39 is 0 Å². The van der Waals surface area contributed by atoms with Crippen LogP contribution in [0.25, 0.3) is 10.9 Å². The Kier molecular flexibility index (Phi) is 4.47. The number of pyridine rings is 2. The quantitative estimate of drug-likeness (QED) is 0.781. The molecule has 5 heteroatoms. The number of hydrogen-bond acceptors (Lipinski definition) is 3. The Labute approximate surface area is 133 Å². The minimum absolute atomic E-state index is 0.0352. The summed E-state index contributed by atoms with van der Waals surface area (Å²) >= 11 is 0. The topological polar surface area (TPSA) is 64.0 Å². The first-order valence-electron chi connectivity index (χ1n) is 7.49. The van der Waals surface area contributed by atoms with Crippen LogP contribution in [0.15, 0.2) is 65.7 Å². The highest BCUT2D eigenvalue weighted by atomic mass is 16.2. The molecule has 2 aromatic heterocycles. The van der Waals surface area contributed by atoms with Gasteiger partial charge in [-0.1, -0.05) is 30.3 Å². The fourth-order valence-corrected chi connectivity index (χ4v) is 2.51. The van der Waals surface area contributed by atoms with Crippen molar-refractivity contribution >= 4 is 16.8 Å². The summed E-state index contributed by atoms with van der Waals surface area (Å²) in [7, 11) is 0. The smallest absolute Gasteiger partial charge is 0.250 e. The Morgan fingerprint density at radius 1 is 1.09 bits per heavy atom. The third-order valence-electron chi connectivity index (χ3n) is 3.65. The number of fused-ring (bicyclic) bond motifs is 1. The van der Waals surface area contributed by atoms with Gasteiger partial charge in [-0.15, -0.1) is 0 Å². The van der Waals surface area contributed by atoms with Gasteiger partial charge >= 0.3 is 0 Å². The second-order valence-corrected chi connectivity index (χ2v) is 5.26. The van der Waals surface area contributed by atoms with Gasteiger partial charge in [0.15, 0.2) is 0 Å². The number of carbonyl (C=O) groups excluding carboxylic acids is 1. The first kappa shape index (κ1) is 15.0. The summed E-state index contributed by atoms with van der Waals surface area (Å²) in [4.78, 5) is 27.9. The third-order valence-corrected chi connectivity index (χ3v) is 3.65. The molecule has 116 valence electrons. The van der Waals surface area contributed by atoms with Crippen molar-refractivity contribution in [2.24, 2.45) is 0 Å². The maximum Gasteiger partial charge on any atom is 0.250 e. The molecule has 2 heterocycles. The van der Waals surface area contributed by atoms with Crippen LogP contribution < -0.4 is 10.9 Å². The standard InChI is InChI=1S/C18H17N3O2/c22-16(13-21-12-2-1-8-17(21)23)19-11-9-15-6-3-5-14-7-4-10-20-18(14)15/h1-8,10,12H,9,11,13H2,(H,19,22). The van der Waals surface area contributed by atoms with E-state index in [1.165, 1.54) is 10.6 Å². The maximum atomic E-state index is 11.9. The summed E-state index contributed by atoms with van der Waals surface area (Å²) in [5.74, 6) is -0.175. The van der Waals surface area contributed by atoms with E-state index in [0.717, 1.165) is 16.5 Å². The first-order chi connectivity index (χ1) is 11.2. The molecule has 0 fully saturated rings. The lowest BCUT2D eigenvalue weighted by Gasteiger charge is -2.08. The summed E-state index contributed by atoms with van der Waals surface area (Å²) in [6, 6.07) is 14.8. The first-order valence-corrected chi connectivity index (χ1v) is 7.49. The van der Waals surface area contributed by atoms with Crippen LogP contribution in [0.3, 0.4) is 0 Å². The molecular formula is C18H17N3O2. The minimum atomic E-state index is -0.180. The fourth-order valence-electron chi connectivity index (χ4n) is 2.51. The fraction of sp³-hybridized carbons (Fsp3) is 0.167. The van der Waals surface area contributed by atoms with Crippen molar-refractivity contribution in [2.75, 3.05) is 6.54 Å². The summed E-state index contributed by atoms with van der Waals surface area (Å²) in [6.45, 7) is 0.545. The molecule has 0 atom stereocenters. The molecule has 3 aromatic rings. The number of amides is 1. The number of aromatic nitrogens is 2. The van der Waals surface area contributed by atoms with E-state index in [1.807, 2.05) is 30.3 Å². The molecule has 1 amide bonds.